The second-order valence-corrected chi connectivity index (χ2v) is 8.15. The highest BCUT2D eigenvalue weighted by molar-refractivity contribution is 14.1. The highest BCUT2D eigenvalue weighted by Crippen LogP contribution is 2.32. The number of ether oxygens (including phenoxy) is 1. The van der Waals surface area contributed by atoms with Gasteiger partial charge in [0.05, 0.1) is 19.2 Å². The van der Waals surface area contributed by atoms with E-state index in [1.807, 2.05) is 36.4 Å². The maximum atomic E-state index is 10.6. The number of nitrogens with one attached hydrogen (secondary N) is 1. The van der Waals surface area contributed by atoms with Gasteiger partial charge in [0.15, 0.2) is 0 Å². The van der Waals surface area contributed by atoms with Crippen molar-refractivity contribution in [1.29, 1.82) is 0 Å². The topological polar surface area (TPSA) is 89.7 Å². The number of hydrogen-bond acceptors (Lipinski definition) is 6. The number of hydrazone groups is 1. The van der Waals surface area contributed by atoms with Crippen molar-refractivity contribution in [2.75, 3.05) is 5.43 Å². The lowest BCUT2D eigenvalue weighted by Crippen LogP contribution is -2.00. The third-order valence-electron chi connectivity index (χ3n) is 3.70. The molecule has 2 aromatic carbocycles. The van der Waals surface area contributed by atoms with Crippen molar-refractivity contribution in [2.45, 2.75) is 6.61 Å². The zero-order chi connectivity index (χ0) is 20.8. The van der Waals surface area contributed by atoms with Gasteiger partial charge < -0.3 is 4.74 Å². The van der Waals surface area contributed by atoms with E-state index in [1.165, 1.54) is 18.3 Å². The first kappa shape index (κ1) is 21.5. The summed E-state index contributed by atoms with van der Waals surface area (Å²) >= 11 is 11.9. The van der Waals surface area contributed by atoms with Crippen LogP contribution in [0.2, 0.25) is 5.02 Å². The number of halogens is 3. The number of rotatable bonds is 7. The maximum Gasteiger partial charge on any atom is 0.287 e. The number of pyridine rings is 1. The van der Waals surface area contributed by atoms with Crippen LogP contribution in [0.3, 0.4) is 0 Å². The third kappa shape index (κ3) is 5.87. The lowest BCUT2D eigenvalue weighted by molar-refractivity contribution is -0.385. The summed E-state index contributed by atoms with van der Waals surface area (Å²) in [6.45, 7) is 0.356. The predicted octanol–water partition coefficient (Wildman–Crippen LogP) is 6.04. The molecular weight excluding hydrogens is 574 g/mol. The Morgan fingerprint density at radius 2 is 2.10 bits per heavy atom. The van der Waals surface area contributed by atoms with Crippen molar-refractivity contribution in [2.24, 2.45) is 5.10 Å². The Kier molecular flexibility index (Phi) is 7.40. The second-order valence-electron chi connectivity index (χ2n) is 5.72. The van der Waals surface area contributed by atoms with E-state index in [1.54, 1.807) is 6.21 Å². The molecule has 0 bridgehead atoms. The van der Waals surface area contributed by atoms with Crippen LogP contribution in [0.4, 0.5) is 11.5 Å². The van der Waals surface area contributed by atoms with Gasteiger partial charge in [0.25, 0.3) is 5.69 Å². The first-order valence-corrected chi connectivity index (χ1v) is 10.4. The van der Waals surface area contributed by atoms with Gasteiger partial charge in [-0.1, -0.05) is 29.8 Å². The normalized spacial score (nSPS) is 10.9. The van der Waals surface area contributed by atoms with Crippen LogP contribution in [0, 0.1) is 13.7 Å². The summed E-state index contributed by atoms with van der Waals surface area (Å²) in [6.07, 6.45) is 2.79. The molecule has 1 N–H and O–H groups in total. The van der Waals surface area contributed by atoms with Crippen LogP contribution in [0.1, 0.15) is 11.1 Å². The first-order chi connectivity index (χ1) is 13.9. The zero-order valence-corrected chi connectivity index (χ0v) is 19.2. The number of hydrogen-bond donors (Lipinski definition) is 1. The Morgan fingerprint density at radius 1 is 1.31 bits per heavy atom. The van der Waals surface area contributed by atoms with Crippen LogP contribution in [-0.2, 0) is 6.61 Å². The summed E-state index contributed by atoms with van der Waals surface area (Å²) in [7, 11) is 0. The molecule has 148 valence electrons. The van der Waals surface area contributed by atoms with Gasteiger partial charge in [-0.25, -0.2) is 4.98 Å². The summed E-state index contributed by atoms with van der Waals surface area (Å²) in [6, 6.07) is 14.2. The molecular formula is C19H13BrClIN4O3. The van der Waals surface area contributed by atoms with Crippen molar-refractivity contribution in [3.05, 3.63) is 89.0 Å². The first-order valence-electron chi connectivity index (χ1n) is 8.19. The van der Waals surface area contributed by atoms with Gasteiger partial charge in [0.1, 0.15) is 24.4 Å². The molecule has 0 amide bonds. The molecule has 10 heteroatoms. The van der Waals surface area contributed by atoms with Gasteiger partial charge in [0, 0.05) is 16.7 Å². The van der Waals surface area contributed by atoms with Crippen molar-refractivity contribution in [3.8, 4) is 5.75 Å². The molecule has 0 spiro atoms. The fourth-order valence-corrected chi connectivity index (χ4v) is 4.25. The summed E-state index contributed by atoms with van der Waals surface area (Å²) in [5.41, 5.74) is 4.40. The summed E-state index contributed by atoms with van der Waals surface area (Å²) in [5.74, 6) is 1.12. The minimum absolute atomic E-state index is 0.0783. The molecule has 0 aliphatic rings. The minimum atomic E-state index is -0.505. The van der Waals surface area contributed by atoms with Crippen LogP contribution in [0.15, 0.2) is 64.3 Å². The average Bonchev–Trinajstić information content (AvgIpc) is 2.69. The Bertz CT molecular complexity index is 1040. The van der Waals surface area contributed by atoms with Gasteiger partial charge in [-0.2, -0.15) is 5.10 Å². The maximum absolute atomic E-state index is 10.6. The molecule has 0 aliphatic heterocycles. The number of nitro groups is 1. The summed E-state index contributed by atoms with van der Waals surface area (Å²) in [5, 5.41) is 15.4. The Hall–Kier alpha value is -2.24. The van der Waals surface area contributed by atoms with Crippen molar-refractivity contribution >= 4 is 67.8 Å². The van der Waals surface area contributed by atoms with E-state index in [4.69, 9.17) is 16.3 Å². The average molecular weight is 588 g/mol. The SMILES string of the molecule is O=[N+]([O-])c1ccc(N/N=C/c2cc(Br)c(OCc3ccccc3Cl)c(I)c2)nc1. The van der Waals surface area contributed by atoms with E-state index in [9.17, 15) is 10.1 Å². The van der Waals surface area contributed by atoms with Gasteiger partial charge >= 0.3 is 0 Å². The lowest BCUT2D eigenvalue weighted by Gasteiger charge is -2.12. The van der Waals surface area contributed by atoms with Crippen LogP contribution in [0.5, 0.6) is 5.75 Å². The minimum Gasteiger partial charge on any atom is -0.487 e. The van der Waals surface area contributed by atoms with Gasteiger partial charge in [-0.15, -0.1) is 0 Å². The van der Waals surface area contributed by atoms with Gasteiger partial charge in [-0.3, -0.25) is 15.5 Å². The zero-order valence-electron chi connectivity index (χ0n) is 14.7. The highest BCUT2D eigenvalue weighted by atomic mass is 127. The van der Waals surface area contributed by atoms with Crippen LogP contribution < -0.4 is 10.2 Å². The van der Waals surface area contributed by atoms with E-state index in [-0.39, 0.29) is 5.69 Å². The van der Waals surface area contributed by atoms with Crippen LogP contribution >= 0.6 is 50.1 Å². The smallest absolute Gasteiger partial charge is 0.287 e. The van der Waals surface area contributed by atoms with Gasteiger partial charge in [0.2, 0.25) is 0 Å². The molecule has 0 atom stereocenters. The quantitative estimate of drug-likeness (QED) is 0.158. The fourth-order valence-electron chi connectivity index (χ4n) is 2.29. The lowest BCUT2D eigenvalue weighted by atomic mass is 10.2. The van der Waals surface area contributed by atoms with Crippen molar-refractivity contribution in [1.82, 2.24) is 4.98 Å². The fraction of sp³-hybridized carbons (Fsp3) is 0.0526. The number of benzene rings is 2. The molecule has 0 saturated carbocycles. The van der Waals surface area contributed by atoms with E-state index in [0.717, 1.165) is 19.2 Å². The van der Waals surface area contributed by atoms with Gasteiger partial charge in [-0.05, 0) is 68.3 Å². The predicted molar refractivity (Wildman–Crippen MR) is 125 cm³/mol. The molecule has 0 saturated heterocycles. The molecule has 0 unspecified atom stereocenters. The molecule has 3 rings (SSSR count). The van der Waals surface area contributed by atoms with Crippen LogP contribution in [-0.4, -0.2) is 16.1 Å². The largest absolute Gasteiger partial charge is 0.487 e. The standard InChI is InChI=1S/C19H13BrClIN4O3/c20-15-7-12(9-24-25-18-6-5-14(10-23-18)26(27)28)8-17(22)19(15)29-11-13-3-1-2-4-16(13)21/h1-10H,11H2,(H,23,25)/b24-9+. The molecule has 1 aromatic heterocycles. The van der Waals surface area contributed by atoms with E-state index in [2.05, 4.69) is 54.0 Å². The Balaban J connectivity index is 1.66. The molecule has 0 aliphatic carbocycles. The third-order valence-corrected chi connectivity index (χ3v) is 5.46. The molecule has 1 heterocycles. The molecule has 29 heavy (non-hydrogen) atoms. The number of nitrogens with zero attached hydrogens (tertiary/aromatic N) is 3. The molecule has 3 aromatic rings. The summed E-state index contributed by atoms with van der Waals surface area (Å²) in [4.78, 5) is 14.1. The van der Waals surface area contributed by atoms with Crippen LogP contribution in [0.25, 0.3) is 0 Å². The van der Waals surface area contributed by atoms with E-state index < -0.39 is 4.92 Å². The number of anilines is 1. The molecule has 0 radical (unpaired) electrons. The monoisotopic (exact) mass is 586 g/mol. The molecule has 7 nitrogen and oxygen atoms in total. The second kappa shape index (κ2) is 9.99. The van der Waals surface area contributed by atoms with Crippen molar-refractivity contribution < 1.29 is 9.66 Å². The van der Waals surface area contributed by atoms with E-state index >= 15 is 0 Å². The Morgan fingerprint density at radius 3 is 2.76 bits per heavy atom. The number of aromatic nitrogens is 1. The highest BCUT2D eigenvalue weighted by Gasteiger charge is 2.10. The molecule has 0 fully saturated rings. The summed E-state index contributed by atoms with van der Waals surface area (Å²) < 4.78 is 7.62. The van der Waals surface area contributed by atoms with Crippen molar-refractivity contribution in [3.63, 3.8) is 0 Å². The van der Waals surface area contributed by atoms with E-state index in [0.29, 0.717) is 23.2 Å². The Labute approximate surface area is 193 Å².